The van der Waals surface area contributed by atoms with E-state index in [0.29, 0.717) is 18.7 Å². The number of carbonyl (C=O) groups excluding carboxylic acids is 2. The molecule has 30 heavy (non-hydrogen) atoms. The van der Waals surface area contributed by atoms with Gasteiger partial charge in [-0.05, 0) is 60.5 Å². The smallest absolute Gasteiger partial charge is 0.322 e. The van der Waals surface area contributed by atoms with Gasteiger partial charge in [0.1, 0.15) is 0 Å². The van der Waals surface area contributed by atoms with Gasteiger partial charge < -0.3 is 10.2 Å². The highest BCUT2D eigenvalue weighted by atomic mass is 79.9. The van der Waals surface area contributed by atoms with Crippen LogP contribution in [0.25, 0.3) is 0 Å². The highest BCUT2D eigenvalue weighted by Gasteiger charge is 2.26. The van der Waals surface area contributed by atoms with Crippen LogP contribution in [0.3, 0.4) is 0 Å². The van der Waals surface area contributed by atoms with Gasteiger partial charge >= 0.3 is 6.03 Å². The van der Waals surface area contributed by atoms with Crippen LogP contribution in [0.4, 0.5) is 16.2 Å². The first-order valence-electron chi connectivity index (χ1n) is 9.87. The minimum Gasteiger partial charge on any atom is -0.322 e. The SMILES string of the molecule is O=C(Nc1ccc(Br)cc1)c1ccc(N2CCCN(Cc3ccccc3)C2=O)cc1. The maximum atomic E-state index is 13.0. The molecule has 1 fully saturated rings. The second-order valence-corrected chi connectivity index (χ2v) is 8.12. The Labute approximate surface area is 184 Å². The fourth-order valence-corrected chi connectivity index (χ4v) is 3.77. The molecule has 0 aliphatic carbocycles. The molecule has 152 valence electrons. The van der Waals surface area contributed by atoms with E-state index in [-0.39, 0.29) is 11.9 Å². The molecule has 5 nitrogen and oxygen atoms in total. The van der Waals surface area contributed by atoms with Crippen molar-refractivity contribution >= 4 is 39.2 Å². The van der Waals surface area contributed by atoms with Crippen molar-refractivity contribution in [3.8, 4) is 0 Å². The predicted molar refractivity (Wildman–Crippen MR) is 123 cm³/mol. The average Bonchev–Trinajstić information content (AvgIpc) is 2.78. The van der Waals surface area contributed by atoms with E-state index in [4.69, 9.17) is 0 Å². The number of anilines is 2. The minimum absolute atomic E-state index is 0.00262. The van der Waals surface area contributed by atoms with Crippen LogP contribution in [0.2, 0.25) is 0 Å². The van der Waals surface area contributed by atoms with Crippen LogP contribution >= 0.6 is 15.9 Å². The molecule has 0 spiro atoms. The molecule has 0 aromatic heterocycles. The number of nitrogens with one attached hydrogen (secondary N) is 1. The van der Waals surface area contributed by atoms with Crippen LogP contribution < -0.4 is 10.2 Å². The number of halogens is 1. The second kappa shape index (κ2) is 9.13. The van der Waals surface area contributed by atoms with Crippen LogP contribution in [0.1, 0.15) is 22.3 Å². The Hall–Kier alpha value is -3.12. The van der Waals surface area contributed by atoms with E-state index in [0.717, 1.165) is 34.4 Å². The fraction of sp³-hybridized carbons (Fsp3) is 0.167. The van der Waals surface area contributed by atoms with Crippen LogP contribution in [-0.4, -0.2) is 29.9 Å². The molecule has 1 N–H and O–H groups in total. The van der Waals surface area contributed by atoms with Crippen molar-refractivity contribution in [1.29, 1.82) is 0 Å². The van der Waals surface area contributed by atoms with E-state index >= 15 is 0 Å². The lowest BCUT2D eigenvalue weighted by Gasteiger charge is -2.35. The first-order valence-corrected chi connectivity index (χ1v) is 10.7. The zero-order chi connectivity index (χ0) is 20.9. The number of hydrogen-bond donors (Lipinski definition) is 1. The summed E-state index contributed by atoms with van der Waals surface area (Å²) < 4.78 is 0.956. The fourth-order valence-electron chi connectivity index (χ4n) is 3.50. The van der Waals surface area contributed by atoms with Gasteiger partial charge in [0.05, 0.1) is 0 Å². The van der Waals surface area contributed by atoms with Crippen LogP contribution in [0.15, 0.2) is 83.3 Å². The monoisotopic (exact) mass is 463 g/mol. The van der Waals surface area contributed by atoms with E-state index in [2.05, 4.69) is 21.2 Å². The molecular weight excluding hydrogens is 442 g/mol. The van der Waals surface area contributed by atoms with E-state index < -0.39 is 0 Å². The Morgan fingerprint density at radius 1 is 0.900 bits per heavy atom. The second-order valence-electron chi connectivity index (χ2n) is 7.20. The largest absolute Gasteiger partial charge is 0.324 e. The van der Waals surface area contributed by atoms with Gasteiger partial charge in [0, 0.05) is 41.0 Å². The lowest BCUT2D eigenvalue weighted by molar-refractivity contribution is 0.102. The minimum atomic E-state index is -0.181. The standard InChI is InChI=1S/C24H22BrN3O2/c25-20-9-11-21(12-10-20)26-23(29)19-7-13-22(14-8-19)28-16-4-15-27(24(28)30)17-18-5-2-1-3-6-18/h1-3,5-14H,4,15-17H2,(H,26,29). The summed E-state index contributed by atoms with van der Waals surface area (Å²) in [5, 5.41) is 2.88. The van der Waals surface area contributed by atoms with Crippen molar-refractivity contribution in [1.82, 2.24) is 4.90 Å². The van der Waals surface area contributed by atoms with Crippen molar-refractivity contribution in [2.45, 2.75) is 13.0 Å². The summed E-state index contributed by atoms with van der Waals surface area (Å²) in [6.07, 6.45) is 0.907. The average molecular weight is 464 g/mol. The third-order valence-electron chi connectivity index (χ3n) is 5.07. The molecule has 3 amide bonds. The Bertz CT molecular complexity index is 1020. The molecule has 4 rings (SSSR count). The van der Waals surface area contributed by atoms with Crippen LogP contribution in [0.5, 0.6) is 0 Å². The third kappa shape index (κ3) is 4.71. The van der Waals surface area contributed by atoms with Gasteiger partial charge in [0.15, 0.2) is 0 Å². The summed E-state index contributed by atoms with van der Waals surface area (Å²) in [6.45, 7) is 2.02. The molecular formula is C24H22BrN3O2. The quantitative estimate of drug-likeness (QED) is 0.540. The molecule has 3 aromatic rings. The summed E-state index contributed by atoms with van der Waals surface area (Å²) in [6, 6.07) is 24.6. The van der Waals surface area contributed by atoms with Gasteiger partial charge in [-0.3, -0.25) is 9.69 Å². The van der Waals surface area contributed by atoms with Gasteiger partial charge in [-0.2, -0.15) is 0 Å². The zero-order valence-electron chi connectivity index (χ0n) is 16.4. The van der Waals surface area contributed by atoms with Gasteiger partial charge in [-0.1, -0.05) is 46.3 Å². The number of rotatable bonds is 5. The molecule has 0 unspecified atom stereocenters. The molecule has 1 heterocycles. The molecule has 0 radical (unpaired) electrons. The lowest BCUT2D eigenvalue weighted by Crippen LogP contribution is -2.49. The molecule has 0 atom stereocenters. The molecule has 1 aliphatic heterocycles. The molecule has 1 aliphatic rings. The third-order valence-corrected chi connectivity index (χ3v) is 5.60. The maximum absolute atomic E-state index is 13.0. The summed E-state index contributed by atoms with van der Waals surface area (Å²) in [5.74, 6) is -0.181. The van der Waals surface area contributed by atoms with Crippen molar-refractivity contribution in [3.63, 3.8) is 0 Å². The van der Waals surface area contributed by atoms with E-state index in [1.54, 1.807) is 17.0 Å². The summed E-state index contributed by atoms with van der Waals surface area (Å²) in [5.41, 5.74) is 3.20. The highest BCUT2D eigenvalue weighted by molar-refractivity contribution is 9.10. The molecule has 3 aromatic carbocycles. The Balaban J connectivity index is 1.43. The first kappa shape index (κ1) is 20.2. The maximum Gasteiger partial charge on any atom is 0.324 e. The zero-order valence-corrected chi connectivity index (χ0v) is 18.0. The molecule has 1 saturated heterocycles. The van der Waals surface area contributed by atoms with Gasteiger partial charge in [-0.15, -0.1) is 0 Å². The topological polar surface area (TPSA) is 52.7 Å². The summed E-state index contributed by atoms with van der Waals surface area (Å²) >= 11 is 3.38. The highest BCUT2D eigenvalue weighted by Crippen LogP contribution is 2.23. The van der Waals surface area contributed by atoms with Crippen molar-refractivity contribution < 1.29 is 9.59 Å². The van der Waals surface area contributed by atoms with E-state index in [9.17, 15) is 9.59 Å². The Morgan fingerprint density at radius 2 is 1.60 bits per heavy atom. The Morgan fingerprint density at radius 3 is 2.30 bits per heavy atom. The van der Waals surface area contributed by atoms with Crippen LogP contribution in [0, 0.1) is 0 Å². The van der Waals surface area contributed by atoms with E-state index in [1.165, 1.54) is 0 Å². The predicted octanol–water partition coefficient (Wildman–Crippen LogP) is 5.53. The van der Waals surface area contributed by atoms with Gasteiger partial charge in [-0.25, -0.2) is 4.79 Å². The summed E-state index contributed by atoms with van der Waals surface area (Å²) in [7, 11) is 0. The summed E-state index contributed by atoms with van der Waals surface area (Å²) in [4.78, 5) is 29.1. The van der Waals surface area contributed by atoms with Crippen LogP contribution in [-0.2, 0) is 6.54 Å². The van der Waals surface area contributed by atoms with Crippen molar-refractivity contribution in [3.05, 3.63) is 94.5 Å². The number of urea groups is 1. The number of carbonyl (C=O) groups is 2. The number of benzene rings is 3. The number of amides is 3. The van der Waals surface area contributed by atoms with Crippen molar-refractivity contribution in [2.75, 3.05) is 23.3 Å². The van der Waals surface area contributed by atoms with Gasteiger partial charge in [0.25, 0.3) is 5.91 Å². The Kier molecular flexibility index (Phi) is 6.14. The van der Waals surface area contributed by atoms with Crippen molar-refractivity contribution in [2.24, 2.45) is 0 Å². The normalized spacial score (nSPS) is 14.0. The molecule has 0 saturated carbocycles. The number of nitrogens with zero attached hydrogens (tertiary/aromatic N) is 2. The molecule has 6 heteroatoms. The number of hydrogen-bond acceptors (Lipinski definition) is 2. The van der Waals surface area contributed by atoms with E-state index in [1.807, 2.05) is 71.6 Å². The van der Waals surface area contributed by atoms with Gasteiger partial charge in [0.2, 0.25) is 0 Å². The molecule has 0 bridgehead atoms. The lowest BCUT2D eigenvalue weighted by atomic mass is 10.1. The first-order chi connectivity index (χ1) is 14.6.